The number of anilines is 2. The largest absolute Gasteiger partial charge is 0.383 e. The van der Waals surface area contributed by atoms with E-state index in [1.807, 2.05) is 37.3 Å². The second-order valence-corrected chi connectivity index (χ2v) is 8.83. The predicted molar refractivity (Wildman–Crippen MR) is 130 cm³/mol. The number of nitrogens with zero attached hydrogens (tertiary/aromatic N) is 6. The van der Waals surface area contributed by atoms with Crippen molar-refractivity contribution in [3.05, 3.63) is 59.9 Å². The molecule has 0 saturated carbocycles. The average molecular weight is 446 g/mol. The van der Waals surface area contributed by atoms with Crippen LogP contribution < -0.4 is 10.6 Å². The molecule has 1 aliphatic heterocycles. The number of aryl methyl sites for hydroxylation is 1. The molecule has 0 amide bonds. The normalized spacial score (nSPS) is 15.0. The zero-order valence-corrected chi connectivity index (χ0v) is 19.2. The van der Waals surface area contributed by atoms with Crippen LogP contribution in [0.2, 0.25) is 0 Å². The van der Waals surface area contributed by atoms with Gasteiger partial charge in [0.25, 0.3) is 0 Å². The summed E-state index contributed by atoms with van der Waals surface area (Å²) in [7, 11) is 0. The van der Waals surface area contributed by atoms with Crippen LogP contribution in [-0.2, 0) is 0 Å². The summed E-state index contributed by atoms with van der Waals surface area (Å²) >= 11 is 0. The lowest BCUT2D eigenvalue weighted by atomic mass is 10.1. The van der Waals surface area contributed by atoms with Gasteiger partial charge in [0.05, 0.1) is 16.8 Å². The van der Waals surface area contributed by atoms with Crippen LogP contribution in [0.3, 0.4) is 0 Å². The fourth-order valence-electron chi connectivity index (χ4n) is 4.38. The Morgan fingerprint density at radius 3 is 2.42 bits per heavy atom. The minimum Gasteiger partial charge on any atom is -0.383 e. The smallest absolute Gasteiger partial charge is 0.228 e. The number of halogens is 1. The number of fused-ring (bicyclic) bond motifs is 1. The van der Waals surface area contributed by atoms with Crippen LogP contribution in [-0.4, -0.2) is 56.9 Å². The van der Waals surface area contributed by atoms with Crippen LogP contribution in [0, 0.1) is 12.7 Å². The molecule has 2 N–H and O–H groups in total. The summed E-state index contributed by atoms with van der Waals surface area (Å²) < 4.78 is 15.8. The molecule has 5 rings (SSSR count). The number of nitrogens with two attached hydrogens (primary N) is 1. The van der Waals surface area contributed by atoms with Crippen molar-refractivity contribution >= 4 is 22.8 Å². The number of rotatable bonds is 4. The van der Waals surface area contributed by atoms with Crippen LogP contribution in [0.25, 0.3) is 28.0 Å². The molecule has 7 nitrogen and oxygen atoms in total. The first-order valence-corrected chi connectivity index (χ1v) is 11.3. The maximum Gasteiger partial charge on any atom is 0.228 e. The molecule has 0 spiro atoms. The maximum absolute atomic E-state index is 14.1. The van der Waals surface area contributed by atoms with E-state index in [-0.39, 0.29) is 5.82 Å². The summed E-state index contributed by atoms with van der Waals surface area (Å²) in [6.07, 6.45) is 0. The first-order valence-electron chi connectivity index (χ1n) is 11.3. The van der Waals surface area contributed by atoms with Crippen molar-refractivity contribution in [2.24, 2.45) is 0 Å². The minimum absolute atomic E-state index is 0.323. The summed E-state index contributed by atoms with van der Waals surface area (Å²) in [5, 5.41) is 5.37. The predicted octanol–water partition coefficient (Wildman–Crippen LogP) is 4.04. The van der Waals surface area contributed by atoms with Gasteiger partial charge in [-0.25, -0.2) is 14.1 Å². The van der Waals surface area contributed by atoms with E-state index < -0.39 is 0 Å². The molecule has 3 heterocycles. The van der Waals surface area contributed by atoms with Crippen LogP contribution >= 0.6 is 0 Å². The molecule has 0 bridgehead atoms. The van der Waals surface area contributed by atoms with Gasteiger partial charge in [0.15, 0.2) is 5.65 Å². The van der Waals surface area contributed by atoms with Crippen molar-refractivity contribution in [3.8, 4) is 16.9 Å². The molecule has 1 fully saturated rings. The lowest BCUT2D eigenvalue weighted by Gasteiger charge is -2.36. The Hall–Kier alpha value is -3.52. The monoisotopic (exact) mass is 445 g/mol. The van der Waals surface area contributed by atoms with Gasteiger partial charge in [-0.3, -0.25) is 4.90 Å². The average Bonchev–Trinajstić information content (AvgIpc) is 3.15. The van der Waals surface area contributed by atoms with E-state index >= 15 is 0 Å². The lowest BCUT2D eigenvalue weighted by molar-refractivity contribution is 0.208. The van der Waals surface area contributed by atoms with Crippen LogP contribution in [0.1, 0.15) is 19.4 Å². The van der Waals surface area contributed by atoms with Crippen molar-refractivity contribution < 1.29 is 4.39 Å². The number of nitrogen functional groups attached to an aromatic ring is 1. The van der Waals surface area contributed by atoms with Crippen LogP contribution in [0.4, 0.5) is 16.2 Å². The molecule has 170 valence electrons. The Morgan fingerprint density at radius 2 is 1.73 bits per heavy atom. The molecule has 0 unspecified atom stereocenters. The number of piperazine rings is 1. The molecule has 33 heavy (non-hydrogen) atoms. The molecule has 0 atom stereocenters. The topological polar surface area (TPSA) is 76.1 Å². The van der Waals surface area contributed by atoms with Crippen molar-refractivity contribution in [3.63, 3.8) is 0 Å². The summed E-state index contributed by atoms with van der Waals surface area (Å²) in [5.74, 6) is 0.709. The number of hydrogen-bond donors (Lipinski definition) is 1. The van der Waals surface area contributed by atoms with E-state index in [9.17, 15) is 4.39 Å². The fourth-order valence-corrected chi connectivity index (χ4v) is 4.38. The molecule has 8 heteroatoms. The first-order chi connectivity index (χ1) is 15.9. The number of hydrogen-bond acceptors (Lipinski definition) is 6. The Balaban J connectivity index is 1.66. The summed E-state index contributed by atoms with van der Waals surface area (Å²) in [5.41, 5.74) is 10.3. The molecule has 2 aromatic heterocycles. The zero-order valence-electron chi connectivity index (χ0n) is 19.2. The molecular weight excluding hydrogens is 417 g/mol. The Morgan fingerprint density at radius 1 is 0.970 bits per heavy atom. The highest BCUT2D eigenvalue weighted by atomic mass is 19.1. The molecule has 0 radical (unpaired) electrons. The third-order valence-electron chi connectivity index (χ3n) is 6.23. The lowest BCUT2D eigenvalue weighted by Crippen LogP contribution is -2.49. The minimum atomic E-state index is -0.323. The zero-order chi connectivity index (χ0) is 23.1. The highest BCUT2D eigenvalue weighted by Gasteiger charge is 2.25. The van der Waals surface area contributed by atoms with Crippen molar-refractivity contribution in [2.45, 2.75) is 26.8 Å². The van der Waals surface area contributed by atoms with E-state index in [1.54, 1.807) is 10.7 Å². The summed E-state index contributed by atoms with van der Waals surface area (Å²) in [4.78, 5) is 14.3. The van der Waals surface area contributed by atoms with Gasteiger partial charge in [-0.05, 0) is 50.6 Å². The van der Waals surface area contributed by atoms with E-state index in [0.29, 0.717) is 40.1 Å². The Kier molecular flexibility index (Phi) is 5.46. The van der Waals surface area contributed by atoms with Gasteiger partial charge in [0.2, 0.25) is 5.95 Å². The van der Waals surface area contributed by atoms with Gasteiger partial charge in [-0.1, -0.05) is 24.3 Å². The van der Waals surface area contributed by atoms with Crippen molar-refractivity contribution in [1.29, 1.82) is 0 Å². The molecule has 2 aromatic carbocycles. The second-order valence-electron chi connectivity index (χ2n) is 8.83. The van der Waals surface area contributed by atoms with E-state index in [0.717, 1.165) is 37.4 Å². The second kappa shape index (κ2) is 8.44. The van der Waals surface area contributed by atoms with Gasteiger partial charge in [-0.15, -0.1) is 5.10 Å². The molecule has 1 saturated heterocycles. The maximum atomic E-state index is 14.1. The number of aromatic nitrogens is 4. The van der Waals surface area contributed by atoms with Crippen LogP contribution in [0.5, 0.6) is 0 Å². The quantitative estimate of drug-likeness (QED) is 0.511. The van der Waals surface area contributed by atoms with E-state index in [2.05, 4.69) is 23.6 Å². The van der Waals surface area contributed by atoms with Crippen molar-refractivity contribution in [2.75, 3.05) is 36.8 Å². The summed E-state index contributed by atoms with van der Waals surface area (Å²) in [6.45, 7) is 9.96. The van der Waals surface area contributed by atoms with Crippen molar-refractivity contribution in [1.82, 2.24) is 24.6 Å². The molecule has 0 aliphatic carbocycles. The third kappa shape index (κ3) is 4.02. The van der Waals surface area contributed by atoms with Gasteiger partial charge < -0.3 is 10.6 Å². The Labute approximate surface area is 192 Å². The van der Waals surface area contributed by atoms with E-state index in [4.69, 9.17) is 20.8 Å². The fraction of sp³-hybridized carbons (Fsp3) is 0.320. The van der Waals surface area contributed by atoms with Crippen LogP contribution in [0.15, 0.2) is 48.5 Å². The standard InChI is InChI=1S/C25H28FN7/c1-16(2)31-10-12-32(13-11-31)25-28-22(18-7-5-8-19(26)15-18)21-23(27)33(30-24(21)29-25)20-9-4-6-17(3)14-20/h4-9,14-16H,10-13,27H2,1-3H3. The Bertz CT molecular complexity index is 1310. The highest BCUT2D eigenvalue weighted by Crippen LogP contribution is 2.34. The third-order valence-corrected chi connectivity index (χ3v) is 6.23. The van der Waals surface area contributed by atoms with Gasteiger partial charge in [0.1, 0.15) is 11.6 Å². The van der Waals surface area contributed by atoms with Gasteiger partial charge in [-0.2, -0.15) is 4.98 Å². The van der Waals surface area contributed by atoms with Gasteiger partial charge in [0, 0.05) is 37.8 Å². The molecular formula is C25H28FN7. The van der Waals surface area contributed by atoms with E-state index in [1.165, 1.54) is 12.1 Å². The molecule has 4 aromatic rings. The molecule has 1 aliphatic rings. The SMILES string of the molecule is Cc1cccc(-n2nc3nc(N4CCN(C(C)C)CC4)nc(-c4cccc(F)c4)c3c2N)c1. The highest BCUT2D eigenvalue weighted by molar-refractivity contribution is 5.99. The van der Waals surface area contributed by atoms with Gasteiger partial charge >= 0.3 is 0 Å². The summed E-state index contributed by atoms with van der Waals surface area (Å²) in [6, 6.07) is 14.9. The first kappa shape index (κ1) is 21.3. The number of benzene rings is 2.